The monoisotopic (exact) mass is 348 g/mol. The highest BCUT2D eigenvalue weighted by Gasteiger charge is 2.12. The number of esters is 1. The quantitative estimate of drug-likeness (QED) is 0.752. The summed E-state index contributed by atoms with van der Waals surface area (Å²) in [5.74, 6) is 0.484. The van der Waals surface area contributed by atoms with Crippen LogP contribution >= 0.6 is 15.9 Å². The first-order chi connectivity index (χ1) is 10.0. The Morgan fingerprint density at radius 2 is 1.95 bits per heavy atom. The fourth-order valence-electron chi connectivity index (χ4n) is 2.04. The number of hydrogen-bond acceptors (Lipinski definition) is 3. The molecule has 0 heterocycles. The lowest BCUT2D eigenvalue weighted by Crippen LogP contribution is -2.07. The van der Waals surface area contributed by atoms with Gasteiger partial charge < -0.3 is 9.47 Å². The molecule has 4 heteroatoms. The molecule has 0 N–H and O–H groups in total. The largest absolute Gasteiger partial charge is 0.486 e. The van der Waals surface area contributed by atoms with Gasteiger partial charge in [-0.3, -0.25) is 0 Å². The molecule has 1 atom stereocenters. The van der Waals surface area contributed by atoms with Crippen LogP contribution in [0.25, 0.3) is 0 Å². The van der Waals surface area contributed by atoms with Gasteiger partial charge in [-0.2, -0.15) is 0 Å². The average molecular weight is 349 g/mol. The van der Waals surface area contributed by atoms with Crippen molar-refractivity contribution < 1.29 is 14.3 Å². The Kier molecular flexibility index (Phi) is 5.02. The van der Waals surface area contributed by atoms with Crippen LogP contribution in [-0.2, 0) is 4.74 Å². The van der Waals surface area contributed by atoms with Gasteiger partial charge in [0.15, 0.2) is 0 Å². The smallest absolute Gasteiger partial charge is 0.337 e. The average Bonchev–Trinajstić information content (AvgIpc) is 2.49. The number of carbonyl (C=O) groups excluding carboxylic acids is 1. The van der Waals surface area contributed by atoms with Crippen molar-refractivity contribution in [2.24, 2.45) is 0 Å². The van der Waals surface area contributed by atoms with Gasteiger partial charge in [-0.1, -0.05) is 28.1 Å². The van der Waals surface area contributed by atoms with Crippen molar-refractivity contribution in [1.82, 2.24) is 0 Å². The molecule has 0 aliphatic rings. The van der Waals surface area contributed by atoms with Crippen molar-refractivity contribution in [3.63, 3.8) is 0 Å². The second-order valence-corrected chi connectivity index (χ2v) is 5.70. The van der Waals surface area contributed by atoms with Gasteiger partial charge in [0.05, 0.1) is 12.7 Å². The normalized spacial score (nSPS) is 11.8. The molecule has 21 heavy (non-hydrogen) atoms. The summed E-state index contributed by atoms with van der Waals surface area (Å²) in [5.41, 5.74) is 2.51. The number of carbonyl (C=O) groups is 1. The third kappa shape index (κ3) is 3.85. The molecule has 0 bridgehead atoms. The Balaban J connectivity index is 2.20. The molecule has 0 radical (unpaired) electrons. The highest BCUT2D eigenvalue weighted by atomic mass is 79.9. The molecule has 0 saturated carbocycles. The lowest BCUT2D eigenvalue weighted by atomic mass is 10.1. The number of benzene rings is 2. The SMILES string of the molecule is COC(=O)c1cccc(C(C)Oc2ccc(Br)cc2C)c1. The minimum atomic E-state index is -0.344. The van der Waals surface area contributed by atoms with Gasteiger partial charge in [-0.05, 0) is 55.3 Å². The maximum absolute atomic E-state index is 11.6. The molecule has 0 aromatic heterocycles. The van der Waals surface area contributed by atoms with Gasteiger partial charge in [-0.15, -0.1) is 0 Å². The summed E-state index contributed by atoms with van der Waals surface area (Å²) >= 11 is 3.43. The van der Waals surface area contributed by atoms with Crippen molar-refractivity contribution in [1.29, 1.82) is 0 Å². The lowest BCUT2D eigenvalue weighted by molar-refractivity contribution is 0.0600. The minimum Gasteiger partial charge on any atom is -0.486 e. The van der Waals surface area contributed by atoms with E-state index in [1.54, 1.807) is 12.1 Å². The fourth-order valence-corrected chi connectivity index (χ4v) is 2.52. The van der Waals surface area contributed by atoms with Crippen molar-refractivity contribution in [2.75, 3.05) is 7.11 Å². The highest BCUT2D eigenvalue weighted by molar-refractivity contribution is 9.10. The molecule has 0 aliphatic heterocycles. The Morgan fingerprint density at radius 1 is 1.19 bits per heavy atom. The second kappa shape index (κ2) is 6.76. The molecule has 2 aromatic rings. The van der Waals surface area contributed by atoms with Gasteiger partial charge >= 0.3 is 5.97 Å². The fraction of sp³-hybridized carbons (Fsp3) is 0.235. The number of halogens is 1. The number of ether oxygens (including phenoxy) is 2. The van der Waals surface area contributed by atoms with Crippen LogP contribution in [0.3, 0.4) is 0 Å². The van der Waals surface area contributed by atoms with E-state index in [0.717, 1.165) is 21.3 Å². The van der Waals surface area contributed by atoms with E-state index in [2.05, 4.69) is 15.9 Å². The molecule has 0 spiro atoms. The van der Waals surface area contributed by atoms with Crippen LogP contribution in [-0.4, -0.2) is 13.1 Å². The third-order valence-electron chi connectivity index (χ3n) is 3.22. The number of hydrogen-bond donors (Lipinski definition) is 0. The maximum atomic E-state index is 11.6. The Hall–Kier alpha value is -1.81. The summed E-state index contributed by atoms with van der Waals surface area (Å²) < 4.78 is 11.7. The molecule has 3 nitrogen and oxygen atoms in total. The molecule has 0 saturated heterocycles. The van der Waals surface area contributed by atoms with Gasteiger partial charge in [0.25, 0.3) is 0 Å². The summed E-state index contributed by atoms with van der Waals surface area (Å²) in [5, 5.41) is 0. The predicted octanol–water partition coefficient (Wildman–Crippen LogP) is 4.68. The van der Waals surface area contributed by atoms with Crippen LogP contribution in [0.2, 0.25) is 0 Å². The molecule has 2 rings (SSSR count). The molecule has 1 unspecified atom stereocenters. The van der Waals surface area contributed by atoms with Crippen LogP contribution in [0.1, 0.15) is 34.5 Å². The Labute approximate surface area is 133 Å². The van der Waals surface area contributed by atoms with E-state index in [4.69, 9.17) is 9.47 Å². The standard InChI is InChI=1S/C17H17BrO3/c1-11-9-15(18)7-8-16(11)21-12(2)13-5-4-6-14(10-13)17(19)20-3/h4-10,12H,1-3H3. The topological polar surface area (TPSA) is 35.5 Å². The summed E-state index contributed by atoms with van der Waals surface area (Å²) in [4.78, 5) is 11.6. The zero-order valence-corrected chi connectivity index (χ0v) is 13.8. The molecule has 0 amide bonds. The Bertz CT molecular complexity index is 652. The molecule has 2 aromatic carbocycles. The zero-order chi connectivity index (χ0) is 15.4. The minimum absolute atomic E-state index is 0.158. The molecular weight excluding hydrogens is 332 g/mol. The van der Waals surface area contributed by atoms with Crippen molar-refractivity contribution >= 4 is 21.9 Å². The van der Waals surface area contributed by atoms with Crippen LogP contribution in [0.15, 0.2) is 46.9 Å². The van der Waals surface area contributed by atoms with E-state index in [0.29, 0.717) is 5.56 Å². The second-order valence-electron chi connectivity index (χ2n) is 4.79. The summed E-state index contributed by atoms with van der Waals surface area (Å²) in [6, 6.07) is 13.2. The van der Waals surface area contributed by atoms with Crippen LogP contribution in [0.5, 0.6) is 5.75 Å². The van der Waals surface area contributed by atoms with Gasteiger partial charge in [0.1, 0.15) is 11.9 Å². The number of rotatable bonds is 4. The number of methoxy groups -OCH3 is 1. The maximum Gasteiger partial charge on any atom is 0.337 e. The summed E-state index contributed by atoms with van der Waals surface area (Å²) in [6.45, 7) is 3.95. The first kappa shape index (κ1) is 15.6. The van der Waals surface area contributed by atoms with E-state index in [1.165, 1.54) is 7.11 Å². The van der Waals surface area contributed by atoms with E-state index in [1.807, 2.05) is 44.2 Å². The van der Waals surface area contributed by atoms with Crippen molar-refractivity contribution in [2.45, 2.75) is 20.0 Å². The summed E-state index contributed by atoms with van der Waals surface area (Å²) in [7, 11) is 1.38. The lowest BCUT2D eigenvalue weighted by Gasteiger charge is -2.17. The molecular formula is C17H17BrO3. The van der Waals surface area contributed by atoms with E-state index in [9.17, 15) is 4.79 Å². The first-order valence-electron chi connectivity index (χ1n) is 6.62. The van der Waals surface area contributed by atoms with E-state index in [-0.39, 0.29) is 12.1 Å². The molecule has 0 fully saturated rings. The molecule has 0 aliphatic carbocycles. The van der Waals surface area contributed by atoms with Crippen LogP contribution in [0.4, 0.5) is 0 Å². The van der Waals surface area contributed by atoms with Crippen LogP contribution in [0, 0.1) is 6.92 Å². The highest BCUT2D eigenvalue weighted by Crippen LogP contribution is 2.27. The van der Waals surface area contributed by atoms with E-state index >= 15 is 0 Å². The number of aryl methyl sites for hydroxylation is 1. The molecule has 110 valence electrons. The Morgan fingerprint density at radius 3 is 2.62 bits per heavy atom. The van der Waals surface area contributed by atoms with Gasteiger partial charge in [0.2, 0.25) is 0 Å². The van der Waals surface area contributed by atoms with Crippen molar-refractivity contribution in [3.8, 4) is 5.75 Å². The van der Waals surface area contributed by atoms with Gasteiger partial charge in [0, 0.05) is 4.47 Å². The van der Waals surface area contributed by atoms with E-state index < -0.39 is 0 Å². The first-order valence-corrected chi connectivity index (χ1v) is 7.41. The van der Waals surface area contributed by atoms with Gasteiger partial charge in [-0.25, -0.2) is 4.79 Å². The van der Waals surface area contributed by atoms with Crippen LogP contribution < -0.4 is 4.74 Å². The predicted molar refractivity (Wildman–Crippen MR) is 85.7 cm³/mol. The summed E-state index contributed by atoms with van der Waals surface area (Å²) in [6.07, 6.45) is -0.158. The van der Waals surface area contributed by atoms with Crippen molar-refractivity contribution in [3.05, 3.63) is 63.6 Å². The zero-order valence-electron chi connectivity index (χ0n) is 12.2. The third-order valence-corrected chi connectivity index (χ3v) is 3.71.